The molecule has 0 aromatic heterocycles. The van der Waals surface area contributed by atoms with Crippen LogP contribution in [0.2, 0.25) is 0 Å². The third-order valence-corrected chi connectivity index (χ3v) is 4.78. The number of unbranched alkanes of at least 4 members (excludes halogenated alkanes) is 2. The highest BCUT2D eigenvalue weighted by Crippen LogP contribution is 2.27. The molecule has 2 aromatic carbocycles. The number of aryl methyl sites for hydroxylation is 2. The maximum atomic E-state index is 4.68. The zero-order chi connectivity index (χ0) is 18.2. The molecule has 130 valence electrons. The first-order valence-corrected chi connectivity index (χ1v) is 9.71. The zero-order valence-corrected chi connectivity index (χ0v) is 16.0. The summed E-state index contributed by atoms with van der Waals surface area (Å²) in [6.07, 6.45) is 9.16. The molecule has 26 heavy (non-hydrogen) atoms. The lowest BCUT2D eigenvalue weighted by molar-refractivity contribution is 0.717. The quantitative estimate of drug-likeness (QED) is 0.256. The predicted octanol–water partition coefficient (Wildman–Crippen LogP) is 6.53. The second-order valence-corrected chi connectivity index (χ2v) is 6.84. The molecule has 3 rings (SSSR count). The van der Waals surface area contributed by atoms with Crippen LogP contribution in [-0.4, -0.2) is 5.16 Å². The highest BCUT2D eigenvalue weighted by atomic mass is 32.1. The third-order valence-electron chi connectivity index (χ3n) is 4.69. The Balaban J connectivity index is 1.69. The average Bonchev–Trinajstić information content (AvgIpc) is 2.68. The van der Waals surface area contributed by atoms with Gasteiger partial charge in [0.1, 0.15) is 0 Å². The maximum Gasteiger partial charge on any atom is 0.0742 e. The number of nitrogens with zero attached hydrogens (tertiary/aromatic N) is 1. The minimum Gasteiger partial charge on any atom is -0.195 e. The SMILES string of the molecule is CCCCCc1ccc(C#CC2=Cc3ccc(N=C=S)cc3CC2)cc1. The fraction of sp³-hybridized carbons (Fsp3) is 0.292. The highest BCUT2D eigenvalue weighted by molar-refractivity contribution is 7.78. The van der Waals surface area contributed by atoms with Gasteiger partial charge in [-0.3, -0.25) is 0 Å². The average molecular weight is 358 g/mol. The normalized spacial score (nSPS) is 12.3. The predicted molar refractivity (Wildman–Crippen MR) is 114 cm³/mol. The maximum absolute atomic E-state index is 4.68. The van der Waals surface area contributed by atoms with Crippen LogP contribution in [0.4, 0.5) is 5.69 Å². The number of hydrogen-bond acceptors (Lipinski definition) is 2. The van der Waals surface area contributed by atoms with Crippen molar-refractivity contribution in [3.8, 4) is 11.8 Å². The number of benzene rings is 2. The molecule has 0 aliphatic heterocycles. The van der Waals surface area contributed by atoms with Gasteiger partial charge in [0.25, 0.3) is 0 Å². The Morgan fingerprint density at radius 2 is 1.85 bits per heavy atom. The van der Waals surface area contributed by atoms with Gasteiger partial charge >= 0.3 is 0 Å². The van der Waals surface area contributed by atoms with Gasteiger partial charge in [0, 0.05) is 11.1 Å². The second-order valence-electron chi connectivity index (χ2n) is 6.66. The van der Waals surface area contributed by atoms with E-state index in [9.17, 15) is 0 Å². The van der Waals surface area contributed by atoms with Gasteiger partial charge in [-0.2, -0.15) is 4.99 Å². The Labute approximate surface area is 161 Å². The molecule has 2 heteroatoms. The molecule has 1 nitrogen and oxygen atoms in total. The topological polar surface area (TPSA) is 12.4 Å². The summed E-state index contributed by atoms with van der Waals surface area (Å²) in [6.45, 7) is 2.24. The molecule has 0 saturated carbocycles. The molecule has 0 atom stereocenters. The van der Waals surface area contributed by atoms with E-state index in [1.165, 1.54) is 47.9 Å². The Hall–Kier alpha value is -2.46. The lowest BCUT2D eigenvalue weighted by Gasteiger charge is -2.13. The molecular weight excluding hydrogens is 334 g/mol. The summed E-state index contributed by atoms with van der Waals surface area (Å²) in [4.78, 5) is 4.06. The van der Waals surface area contributed by atoms with Gasteiger partial charge in [-0.25, -0.2) is 0 Å². The summed E-state index contributed by atoms with van der Waals surface area (Å²) in [5.41, 5.74) is 7.09. The minimum absolute atomic E-state index is 0.876. The van der Waals surface area contributed by atoms with Gasteiger partial charge in [-0.05, 0) is 84.9 Å². The van der Waals surface area contributed by atoms with E-state index in [2.05, 4.69) is 83.6 Å². The molecule has 0 amide bonds. The number of rotatable bonds is 5. The Kier molecular flexibility index (Phi) is 6.56. The van der Waals surface area contributed by atoms with E-state index in [-0.39, 0.29) is 0 Å². The monoisotopic (exact) mass is 357 g/mol. The van der Waals surface area contributed by atoms with Crippen LogP contribution in [0.25, 0.3) is 6.08 Å². The molecule has 0 bridgehead atoms. The summed E-state index contributed by atoms with van der Waals surface area (Å²) in [6, 6.07) is 14.9. The molecule has 1 aliphatic rings. The number of aliphatic imine (C=N–C) groups is 1. The molecule has 1 aliphatic carbocycles. The van der Waals surface area contributed by atoms with Crippen molar-refractivity contribution in [1.29, 1.82) is 0 Å². The zero-order valence-electron chi connectivity index (χ0n) is 15.2. The first-order chi connectivity index (χ1) is 12.8. The van der Waals surface area contributed by atoms with Crippen molar-refractivity contribution in [3.63, 3.8) is 0 Å². The lowest BCUT2D eigenvalue weighted by atomic mass is 9.92. The van der Waals surface area contributed by atoms with Crippen molar-refractivity contribution in [3.05, 3.63) is 70.3 Å². The second kappa shape index (κ2) is 9.30. The summed E-state index contributed by atoms with van der Waals surface area (Å²) >= 11 is 4.68. The minimum atomic E-state index is 0.876. The van der Waals surface area contributed by atoms with Crippen LogP contribution < -0.4 is 0 Å². The summed E-state index contributed by atoms with van der Waals surface area (Å²) in [7, 11) is 0. The van der Waals surface area contributed by atoms with Crippen LogP contribution >= 0.6 is 12.2 Å². The van der Waals surface area contributed by atoms with Crippen molar-refractivity contribution in [1.82, 2.24) is 0 Å². The van der Waals surface area contributed by atoms with Crippen molar-refractivity contribution >= 4 is 29.1 Å². The van der Waals surface area contributed by atoms with Gasteiger partial charge < -0.3 is 0 Å². The molecule has 2 aromatic rings. The van der Waals surface area contributed by atoms with Crippen LogP contribution in [0.1, 0.15) is 54.9 Å². The largest absolute Gasteiger partial charge is 0.195 e. The van der Waals surface area contributed by atoms with Crippen LogP contribution in [0.5, 0.6) is 0 Å². The fourth-order valence-electron chi connectivity index (χ4n) is 3.19. The van der Waals surface area contributed by atoms with E-state index in [1.807, 2.05) is 6.07 Å². The molecule has 0 spiro atoms. The van der Waals surface area contributed by atoms with E-state index >= 15 is 0 Å². The smallest absolute Gasteiger partial charge is 0.0742 e. The summed E-state index contributed by atoms with van der Waals surface area (Å²) in [5, 5.41) is 2.43. The van der Waals surface area contributed by atoms with Gasteiger partial charge in [-0.15, -0.1) is 0 Å². The number of hydrogen-bond donors (Lipinski definition) is 0. The lowest BCUT2D eigenvalue weighted by Crippen LogP contribution is -1.97. The molecule has 0 radical (unpaired) electrons. The molecule has 0 N–H and O–H groups in total. The van der Waals surface area contributed by atoms with Crippen LogP contribution in [0.15, 0.2) is 53.0 Å². The Bertz CT molecular complexity index is 903. The number of thiocarbonyl (C=S) groups is 1. The third kappa shape index (κ3) is 5.02. The number of allylic oxidation sites excluding steroid dienone is 1. The molecule has 0 unspecified atom stereocenters. The van der Waals surface area contributed by atoms with Crippen LogP contribution in [-0.2, 0) is 12.8 Å². The highest BCUT2D eigenvalue weighted by Gasteiger charge is 2.09. The van der Waals surface area contributed by atoms with Gasteiger partial charge in [-0.1, -0.05) is 49.8 Å². The Morgan fingerprint density at radius 1 is 1.00 bits per heavy atom. The number of isothiocyanates is 1. The number of fused-ring (bicyclic) bond motifs is 1. The van der Waals surface area contributed by atoms with Gasteiger partial charge in [0.05, 0.1) is 10.8 Å². The molecule has 0 heterocycles. The summed E-state index contributed by atoms with van der Waals surface area (Å²) in [5.74, 6) is 6.66. The van der Waals surface area contributed by atoms with E-state index in [1.54, 1.807) is 0 Å². The van der Waals surface area contributed by atoms with E-state index in [4.69, 9.17) is 0 Å². The Morgan fingerprint density at radius 3 is 2.62 bits per heavy atom. The first kappa shape index (κ1) is 18.3. The molecular formula is C24H23NS. The van der Waals surface area contributed by atoms with E-state index in [0.717, 1.165) is 24.1 Å². The van der Waals surface area contributed by atoms with Crippen molar-refractivity contribution in [2.45, 2.75) is 45.4 Å². The first-order valence-electron chi connectivity index (χ1n) is 9.31. The van der Waals surface area contributed by atoms with E-state index in [0.29, 0.717) is 0 Å². The standard InChI is InChI=1S/C24H23NS/c1-2-3-4-5-19-6-8-20(9-7-19)10-11-21-12-13-23-17-24(25-18-26)15-14-22(23)16-21/h6-9,14-17H,2-5,12-13H2,1H3. The summed E-state index contributed by atoms with van der Waals surface area (Å²) < 4.78 is 0. The molecule has 0 saturated heterocycles. The van der Waals surface area contributed by atoms with Gasteiger partial charge in [0.2, 0.25) is 0 Å². The molecule has 0 fully saturated rings. The van der Waals surface area contributed by atoms with Crippen molar-refractivity contribution in [2.24, 2.45) is 4.99 Å². The van der Waals surface area contributed by atoms with Gasteiger partial charge in [0.15, 0.2) is 0 Å². The van der Waals surface area contributed by atoms with Crippen molar-refractivity contribution in [2.75, 3.05) is 0 Å². The van der Waals surface area contributed by atoms with Crippen LogP contribution in [0.3, 0.4) is 0 Å². The van der Waals surface area contributed by atoms with Crippen LogP contribution in [0, 0.1) is 11.8 Å². The fourth-order valence-corrected chi connectivity index (χ4v) is 3.29. The van der Waals surface area contributed by atoms with E-state index < -0.39 is 0 Å². The van der Waals surface area contributed by atoms with Crippen molar-refractivity contribution < 1.29 is 0 Å².